The van der Waals surface area contributed by atoms with Crippen LogP contribution >= 0.6 is 11.3 Å². The molecule has 136 valence electrons. The molecular formula is C20H21NO4S. The largest absolute Gasteiger partial charge is 0.485 e. The van der Waals surface area contributed by atoms with E-state index in [1.165, 1.54) is 22.5 Å². The van der Waals surface area contributed by atoms with E-state index in [9.17, 15) is 9.90 Å². The number of aliphatic hydroxyl groups excluding tert-OH is 1. The summed E-state index contributed by atoms with van der Waals surface area (Å²) in [4.78, 5) is 15.5. The monoisotopic (exact) mass is 371 g/mol. The maximum Gasteiger partial charge on any atom is 0.267 e. The number of hydrogen-bond donors (Lipinski definition) is 1. The van der Waals surface area contributed by atoms with Gasteiger partial charge in [-0.2, -0.15) is 0 Å². The van der Waals surface area contributed by atoms with Crippen molar-refractivity contribution in [3.63, 3.8) is 0 Å². The second kappa shape index (κ2) is 5.99. The quantitative estimate of drug-likeness (QED) is 0.837. The highest BCUT2D eigenvalue weighted by Crippen LogP contribution is 2.47. The number of amides is 1. The minimum atomic E-state index is -0.358. The summed E-state index contributed by atoms with van der Waals surface area (Å²) in [7, 11) is 0. The Labute approximate surface area is 156 Å². The molecule has 0 unspecified atom stereocenters. The Kier molecular flexibility index (Phi) is 3.72. The summed E-state index contributed by atoms with van der Waals surface area (Å²) in [6, 6.07) is 8.33. The standard InChI is InChI=1S/C20H21NO4S/c22-16-11-13-3-1-2-4-14(13)20(16)5-7-21(8-6-20)19(23)18-17-15(12-26-18)24-9-10-25-17/h1-4,12,16,22H,5-11H2/t16-/m0/s1. The second-order valence-corrected chi connectivity index (χ2v) is 8.16. The van der Waals surface area contributed by atoms with Crippen LogP contribution in [-0.2, 0) is 11.8 Å². The van der Waals surface area contributed by atoms with Crippen LogP contribution in [0.25, 0.3) is 0 Å². The molecule has 2 aliphatic heterocycles. The topological polar surface area (TPSA) is 59.0 Å². The van der Waals surface area contributed by atoms with Crippen molar-refractivity contribution < 1.29 is 19.4 Å². The third-order valence-corrected chi connectivity index (χ3v) is 6.97. The number of carbonyl (C=O) groups is 1. The van der Waals surface area contributed by atoms with E-state index in [-0.39, 0.29) is 17.4 Å². The molecule has 6 heteroatoms. The van der Waals surface area contributed by atoms with Crippen molar-refractivity contribution in [3.8, 4) is 11.5 Å². The van der Waals surface area contributed by atoms with Crippen LogP contribution < -0.4 is 9.47 Å². The number of rotatable bonds is 1. The van der Waals surface area contributed by atoms with Crippen LogP contribution in [-0.4, -0.2) is 48.3 Å². The molecule has 1 spiro atoms. The Balaban J connectivity index is 1.36. The van der Waals surface area contributed by atoms with E-state index in [0.29, 0.717) is 49.1 Å². The van der Waals surface area contributed by atoms with E-state index in [4.69, 9.17) is 9.47 Å². The number of carbonyl (C=O) groups excluding carboxylic acids is 1. The summed E-state index contributed by atoms with van der Waals surface area (Å²) >= 11 is 1.39. The fourth-order valence-corrected chi connectivity index (χ4v) is 5.53. The summed E-state index contributed by atoms with van der Waals surface area (Å²) in [6.45, 7) is 2.31. The fourth-order valence-electron chi connectivity index (χ4n) is 4.63. The van der Waals surface area contributed by atoms with Gasteiger partial charge in [-0.15, -0.1) is 11.3 Å². The number of thiophene rings is 1. The van der Waals surface area contributed by atoms with E-state index in [1.54, 1.807) is 0 Å². The highest BCUT2D eigenvalue weighted by atomic mass is 32.1. The number of fused-ring (bicyclic) bond motifs is 3. The Morgan fingerprint density at radius 3 is 2.81 bits per heavy atom. The van der Waals surface area contributed by atoms with Crippen LogP contribution in [0.4, 0.5) is 0 Å². The van der Waals surface area contributed by atoms with Crippen LogP contribution in [0.1, 0.15) is 33.6 Å². The number of hydrogen-bond acceptors (Lipinski definition) is 5. The molecule has 0 radical (unpaired) electrons. The molecular weight excluding hydrogens is 350 g/mol. The lowest BCUT2D eigenvalue weighted by atomic mass is 9.72. The lowest BCUT2D eigenvalue weighted by molar-refractivity contribution is 0.0364. The van der Waals surface area contributed by atoms with E-state index in [0.717, 1.165) is 12.8 Å². The van der Waals surface area contributed by atoms with Crippen LogP contribution in [0.5, 0.6) is 11.5 Å². The van der Waals surface area contributed by atoms with Gasteiger partial charge in [0.1, 0.15) is 18.1 Å². The number of benzene rings is 1. The zero-order valence-electron chi connectivity index (χ0n) is 14.4. The Morgan fingerprint density at radius 1 is 1.19 bits per heavy atom. The number of nitrogens with zero attached hydrogens (tertiary/aromatic N) is 1. The van der Waals surface area contributed by atoms with Gasteiger partial charge in [0, 0.05) is 23.9 Å². The van der Waals surface area contributed by atoms with Crippen molar-refractivity contribution in [3.05, 3.63) is 45.6 Å². The molecule has 1 aromatic carbocycles. The molecule has 1 fully saturated rings. The van der Waals surface area contributed by atoms with Gasteiger partial charge in [0.25, 0.3) is 5.91 Å². The summed E-state index contributed by atoms with van der Waals surface area (Å²) in [5.41, 5.74) is 2.31. The van der Waals surface area contributed by atoms with Crippen molar-refractivity contribution in [2.45, 2.75) is 30.8 Å². The summed E-state index contributed by atoms with van der Waals surface area (Å²) in [6.07, 6.45) is 1.95. The summed E-state index contributed by atoms with van der Waals surface area (Å²) in [5, 5.41) is 12.6. The number of aliphatic hydroxyl groups is 1. The van der Waals surface area contributed by atoms with Gasteiger partial charge in [-0.05, 0) is 30.4 Å². The molecule has 3 heterocycles. The van der Waals surface area contributed by atoms with Gasteiger partial charge >= 0.3 is 0 Å². The molecule has 5 nitrogen and oxygen atoms in total. The predicted molar refractivity (Wildman–Crippen MR) is 98.3 cm³/mol. The third-order valence-electron chi connectivity index (χ3n) is 6.04. The van der Waals surface area contributed by atoms with Gasteiger partial charge < -0.3 is 19.5 Å². The smallest absolute Gasteiger partial charge is 0.267 e. The van der Waals surface area contributed by atoms with Gasteiger partial charge in [0.05, 0.1) is 6.10 Å². The van der Waals surface area contributed by atoms with Crippen molar-refractivity contribution in [2.24, 2.45) is 0 Å². The molecule has 1 aliphatic carbocycles. The molecule has 26 heavy (non-hydrogen) atoms. The Hall–Kier alpha value is -2.05. The fraction of sp³-hybridized carbons (Fsp3) is 0.450. The highest BCUT2D eigenvalue weighted by molar-refractivity contribution is 7.12. The van der Waals surface area contributed by atoms with E-state index in [2.05, 4.69) is 12.1 Å². The minimum absolute atomic E-state index is 0.0115. The molecule has 0 bridgehead atoms. The zero-order valence-corrected chi connectivity index (χ0v) is 15.3. The second-order valence-electron chi connectivity index (χ2n) is 7.28. The maximum atomic E-state index is 13.0. The average Bonchev–Trinajstić information content (AvgIpc) is 3.22. The van der Waals surface area contributed by atoms with Gasteiger partial charge in [-0.1, -0.05) is 24.3 Å². The average molecular weight is 371 g/mol. The number of likely N-dealkylation sites (tertiary alicyclic amines) is 1. The minimum Gasteiger partial charge on any atom is -0.485 e. The van der Waals surface area contributed by atoms with Gasteiger partial charge in [-0.25, -0.2) is 0 Å². The molecule has 1 aromatic heterocycles. The van der Waals surface area contributed by atoms with E-state index in [1.807, 2.05) is 22.4 Å². The van der Waals surface area contributed by atoms with Crippen LogP contribution in [0.2, 0.25) is 0 Å². The Morgan fingerprint density at radius 2 is 1.96 bits per heavy atom. The molecule has 0 saturated carbocycles. The van der Waals surface area contributed by atoms with Crippen molar-refractivity contribution >= 4 is 17.2 Å². The van der Waals surface area contributed by atoms with E-state index >= 15 is 0 Å². The normalized spacial score (nSPS) is 23.1. The SMILES string of the molecule is O=C(c1scc2c1OCCO2)N1CCC2(CC1)c1ccccc1C[C@@H]2O. The van der Waals surface area contributed by atoms with Crippen LogP contribution in [0.15, 0.2) is 29.6 Å². The lowest BCUT2D eigenvalue weighted by Gasteiger charge is -2.42. The lowest BCUT2D eigenvalue weighted by Crippen LogP contribution is -2.49. The first-order valence-electron chi connectivity index (χ1n) is 9.12. The highest BCUT2D eigenvalue weighted by Gasteiger charge is 2.48. The molecule has 1 atom stereocenters. The molecule has 1 saturated heterocycles. The van der Waals surface area contributed by atoms with E-state index < -0.39 is 0 Å². The van der Waals surface area contributed by atoms with Crippen molar-refractivity contribution in [1.82, 2.24) is 4.90 Å². The van der Waals surface area contributed by atoms with Crippen LogP contribution in [0.3, 0.4) is 0 Å². The number of ether oxygens (including phenoxy) is 2. The maximum absolute atomic E-state index is 13.0. The number of piperidine rings is 1. The predicted octanol–water partition coefficient (Wildman–Crippen LogP) is 2.61. The molecule has 3 aliphatic rings. The van der Waals surface area contributed by atoms with Crippen molar-refractivity contribution in [2.75, 3.05) is 26.3 Å². The first kappa shape index (κ1) is 16.1. The molecule has 1 amide bonds. The van der Waals surface area contributed by atoms with Gasteiger partial charge in [0.15, 0.2) is 11.5 Å². The van der Waals surface area contributed by atoms with Crippen molar-refractivity contribution in [1.29, 1.82) is 0 Å². The zero-order chi connectivity index (χ0) is 17.7. The Bertz CT molecular complexity index is 853. The van der Waals surface area contributed by atoms with Gasteiger partial charge in [-0.3, -0.25) is 4.79 Å². The summed E-state index contributed by atoms with van der Waals surface area (Å²) in [5.74, 6) is 1.29. The molecule has 1 N–H and O–H groups in total. The first-order chi connectivity index (χ1) is 12.7. The summed E-state index contributed by atoms with van der Waals surface area (Å²) < 4.78 is 11.2. The van der Waals surface area contributed by atoms with Gasteiger partial charge in [0.2, 0.25) is 0 Å². The third kappa shape index (κ3) is 2.28. The first-order valence-corrected chi connectivity index (χ1v) is 10.00. The molecule has 5 rings (SSSR count). The molecule has 2 aromatic rings. The van der Waals surface area contributed by atoms with Crippen LogP contribution in [0, 0.1) is 0 Å².